The van der Waals surface area contributed by atoms with Crippen LogP contribution in [0.3, 0.4) is 0 Å². The number of amides is 2. The molecule has 1 aliphatic rings. The summed E-state index contributed by atoms with van der Waals surface area (Å²) in [6.45, 7) is 7.07. The summed E-state index contributed by atoms with van der Waals surface area (Å²) in [7, 11) is 0. The van der Waals surface area contributed by atoms with Crippen molar-refractivity contribution in [2.45, 2.75) is 32.7 Å². The summed E-state index contributed by atoms with van der Waals surface area (Å²) in [6.07, 6.45) is 2.20. The fourth-order valence-electron chi connectivity index (χ4n) is 5.30. The standard InChI is InChI=1S/C32H35N3O4/c1-3-33-23-29(27-15-8-9-16-30(27)33)28(22-31(36)34-17-19-35(20-18-34)32(37)38-4-2)24-11-10-14-26(21-24)39-25-12-6-5-7-13-25/h5-16,21,23,28H,3-4,17-20,22H2,1-2H3. The van der Waals surface area contributed by atoms with Crippen molar-refractivity contribution in [3.05, 3.63) is 96.2 Å². The van der Waals surface area contributed by atoms with E-state index in [1.165, 1.54) is 0 Å². The topological polar surface area (TPSA) is 64.0 Å². The molecular formula is C32H35N3O4. The third-order valence-corrected chi connectivity index (χ3v) is 7.31. The number of aromatic nitrogens is 1. The second kappa shape index (κ2) is 12.1. The summed E-state index contributed by atoms with van der Waals surface area (Å²) in [5.41, 5.74) is 3.32. The van der Waals surface area contributed by atoms with Crippen LogP contribution >= 0.6 is 0 Å². The van der Waals surface area contributed by atoms with Crippen LogP contribution in [-0.2, 0) is 16.1 Å². The first-order valence-corrected chi connectivity index (χ1v) is 13.7. The maximum atomic E-state index is 13.7. The van der Waals surface area contributed by atoms with Crippen LogP contribution in [-0.4, -0.2) is 59.2 Å². The molecule has 0 aliphatic carbocycles. The molecule has 7 heteroatoms. The van der Waals surface area contributed by atoms with Gasteiger partial charge in [-0.2, -0.15) is 0 Å². The monoisotopic (exact) mass is 525 g/mol. The lowest BCUT2D eigenvalue weighted by molar-refractivity contribution is -0.133. The molecule has 0 N–H and O–H groups in total. The predicted molar refractivity (Wildman–Crippen MR) is 152 cm³/mol. The molecule has 2 heterocycles. The number of carbonyl (C=O) groups excluding carboxylic acids is 2. The van der Waals surface area contributed by atoms with Gasteiger partial charge in [0, 0.05) is 62.2 Å². The Labute approximate surface area is 229 Å². The summed E-state index contributed by atoms with van der Waals surface area (Å²) in [5.74, 6) is 1.42. The molecule has 202 valence electrons. The van der Waals surface area contributed by atoms with E-state index in [2.05, 4.69) is 42.0 Å². The second-order valence-corrected chi connectivity index (χ2v) is 9.70. The first-order valence-electron chi connectivity index (χ1n) is 13.7. The zero-order valence-corrected chi connectivity index (χ0v) is 22.6. The first-order chi connectivity index (χ1) is 19.1. The summed E-state index contributed by atoms with van der Waals surface area (Å²) < 4.78 is 13.5. The van der Waals surface area contributed by atoms with Gasteiger partial charge in [0.2, 0.25) is 5.91 Å². The van der Waals surface area contributed by atoms with Crippen molar-refractivity contribution in [3.8, 4) is 11.5 Å². The highest BCUT2D eigenvalue weighted by atomic mass is 16.6. The average Bonchev–Trinajstić information content (AvgIpc) is 3.35. The fraction of sp³-hybridized carbons (Fsp3) is 0.312. The number of hydrogen-bond donors (Lipinski definition) is 0. The summed E-state index contributed by atoms with van der Waals surface area (Å²) in [6, 6.07) is 26.1. The van der Waals surface area contributed by atoms with Crippen molar-refractivity contribution < 1.29 is 19.1 Å². The summed E-state index contributed by atoms with van der Waals surface area (Å²) >= 11 is 0. The van der Waals surface area contributed by atoms with Gasteiger partial charge < -0.3 is 23.8 Å². The molecule has 1 atom stereocenters. The molecular weight excluding hydrogens is 490 g/mol. The van der Waals surface area contributed by atoms with Crippen LogP contribution in [0.2, 0.25) is 0 Å². The van der Waals surface area contributed by atoms with E-state index < -0.39 is 0 Å². The minimum Gasteiger partial charge on any atom is -0.457 e. The number of para-hydroxylation sites is 2. The lowest BCUT2D eigenvalue weighted by atomic mass is 9.87. The molecule has 7 nitrogen and oxygen atoms in total. The smallest absolute Gasteiger partial charge is 0.409 e. The van der Waals surface area contributed by atoms with E-state index in [0.717, 1.165) is 40.1 Å². The van der Waals surface area contributed by atoms with E-state index in [1.54, 1.807) is 11.8 Å². The average molecular weight is 526 g/mol. The zero-order valence-electron chi connectivity index (χ0n) is 22.6. The van der Waals surface area contributed by atoms with Gasteiger partial charge in [-0.15, -0.1) is 0 Å². The van der Waals surface area contributed by atoms with Gasteiger partial charge in [-0.05, 0) is 55.3 Å². The number of ether oxygens (including phenoxy) is 2. The number of hydrogen-bond acceptors (Lipinski definition) is 4. The predicted octanol–water partition coefficient (Wildman–Crippen LogP) is 6.28. The largest absolute Gasteiger partial charge is 0.457 e. The highest BCUT2D eigenvalue weighted by molar-refractivity contribution is 5.87. The van der Waals surface area contributed by atoms with Crippen LogP contribution in [0.4, 0.5) is 4.79 Å². The van der Waals surface area contributed by atoms with Crippen LogP contribution in [0.1, 0.15) is 37.3 Å². The molecule has 1 fully saturated rings. The maximum absolute atomic E-state index is 13.7. The molecule has 3 aromatic carbocycles. The molecule has 1 aromatic heterocycles. The SMILES string of the molecule is CCOC(=O)N1CCN(C(=O)CC(c2cccc(Oc3ccccc3)c2)c2cn(CC)c3ccccc23)CC1. The molecule has 1 aliphatic heterocycles. The zero-order chi connectivity index (χ0) is 27.2. The second-order valence-electron chi connectivity index (χ2n) is 9.70. The molecule has 0 bridgehead atoms. The van der Waals surface area contributed by atoms with Gasteiger partial charge in [0.15, 0.2) is 0 Å². The number of nitrogens with zero attached hydrogens (tertiary/aromatic N) is 3. The van der Waals surface area contributed by atoms with Crippen molar-refractivity contribution in [2.75, 3.05) is 32.8 Å². The van der Waals surface area contributed by atoms with Gasteiger partial charge >= 0.3 is 6.09 Å². The van der Waals surface area contributed by atoms with Gasteiger partial charge in [-0.1, -0.05) is 48.5 Å². The normalized spacial score (nSPS) is 14.3. The van der Waals surface area contributed by atoms with Gasteiger partial charge in [0.1, 0.15) is 11.5 Å². The molecule has 1 saturated heterocycles. The van der Waals surface area contributed by atoms with E-state index in [0.29, 0.717) is 39.2 Å². The molecule has 39 heavy (non-hydrogen) atoms. The van der Waals surface area contributed by atoms with Crippen molar-refractivity contribution in [3.63, 3.8) is 0 Å². The minimum atomic E-state index is -0.315. The third kappa shape index (κ3) is 5.93. The fourth-order valence-corrected chi connectivity index (χ4v) is 5.30. The van der Waals surface area contributed by atoms with E-state index in [9.17, 15) is 9.59 Å². The highest BCUT2D eigenvalue weighted by Crippen LogP contribution is 2.37. The maximum Gasteiger partial charge on any atom is 0.409 e. The highest BCUT2D eigenvalue weighted by Gasteiger charge is 2.29. The lowest BCUT2D eigenvalue weighted by Crippen LogP contribution is -2.50. The summed E-state index contributed by atoms with van der Waals surface area (Å²) in [5, 5.41) is 1.15. The Hall–Kier alpha value is -4.26. The van der Waals surface area contributed by atoms with Crippen molar-refractivity contribution >= 4 is 22.9 Å². The molecule has 1 unspecified atom stereocenters. The Morgan fingerprint density at radius 3 is 2.26 bits per heavy atom. The number of benzene rings is 3. The number of aryl methyl sites for hydroxylation is 1. The Morgan fingerprint density at radius 1 is 0.821 bits per heavy atom. The lowest BCUT2D eigenvalue weighted by Gasteiger charge is -2.34. The molecule has 2 amide bonds. The van der Waals surface area contributed by atoms with Crippen LogP contribution in [0.5, 0.6) is 11.5 Å². The third-order valence-electron chi connectivity index (χ3n) is 7.31. The Balaban J connectivity index is 1.44. The van der Waals surface area contributed by atoms with Crippen molar-refractivity contribution in [1.82, 2.24) is 14.4 Å². The van der Waals surface area contributed by atoms with Gasteiger partial charge in [-0.25, -0.2) is 4.79 Å². The van der Waals surface area contributed by atoms with E-state index in [4.69, 9.17) is 9.47 Å². The van der Waals surface area contributed by atoms with Crippen molar-refractivity contribution in [2.24, 2.45) is 0 Å². The van der Waals surface area contributed by atoms with Gasteiger partial charge in [-0.3, -0.25) is 4.79 Å². The van der Waals surface area contributed by atoms with Crippen LogP contribution < -0.4 is 4.74 Å². The Kier molecular flexibility index (Phi) is 8.16. The quantitative estimate of drug-likeness (QED) is 0.272. The van der Waals surface area contributed by atoms with Gasteiger partial charge in [0.25, 0.3) is 0 Å². The van der Waals surface area contributed by atoms with E-state index in [1.807, 2.05) is 59.5 Å². The minimum absolute atomic E-state index is 0.0752. The van der Waals surface area contributed by atoms with Crippen LogP contribution in [0.25, 0.3) is 10.9 Å². The Bertz CT molecular complexity index is 1420. The number of piperazine rings is 1. The van der Waals surface area contributed by atoms with E-state index >= 15 is 0 Å². The van der Waals surface area contributed by atoms with Crippen LogP contribution in [0.15, 0.2) is 85.1 Å². The molecule has 0 spiro atoms. The first kappa shape index (κ1) is 26.4. The van der Waals surface area contributed by atoms with E-state index in [-0.39, 0.29) is 17.9 Å². The van der Waals surface area contributed by atoms with Crippen LogP contribution in [0, 0.1) is 0 Å². The van der Waals surface area contributed by atoms with Crippen molar-refractivity contribution in [1.29, 1.82) is 0 Å². The molecule has 4 aromatic rings. The molecule has 0 saturated carbocycles. The van der Waals surface area contributed by atoms with Gasteiger partial charge in [0.05, 0.1) is 6.61 Å². The number of carbonyl (C=O) groups is 2. The number of rotatable bonds is 8. The summed E-state index contributed by atoms with van der Waals surface area (Å²) in [4.78, 5) is 29.4. The molecule has 5 rings (SSSR count). The Morgan fingerprint density at radius 2 is 1.51 bits per heavy atom. The molecule has 0 radical (unpaired) electrons. The number of fused-ring (bicyclic) bond motifs is 1.